The van der Waals surface area contributed by atoms with Crippen LogP contribution in [0.4, 0.5) is 5.69 Å². The van der Waals surface area contributed by atoms with Crippen molar-refractivity contribution in [3.63, 3.8) is 0 Å². The molecule has 0 heterocycles. The first kappa shape index (κ1) is 14.2. The maximum atomic E-state index is 11.8. The Morgan fingerprint density at radius 2 is 1.83 bits per heavy atom. The van der Waals surface area contributed by atoms with E-state index >= 15 is 0 Å². The summed E-state index contributed by atoms with van der Waals surface area (Å²) in [4.78, 5) is 22.7. The molecule has 1 atom stereocenters. The molecule has 2 N–H and O–H groups in total. The highest BCUT2D eigenvalue weighted by Gasteiger charge is 2.13. The van der Waals surface area contributed by atoms with Crippen molar-refractivity contribution in [3.8, 4) is 0 Å². The SMILES string of the molecule is CC(=O)NC(C)C(=O)Nc1cccc(C(C)C)c1. The summed E-state index contributed by atoms with van der Waals surface area (Å²) in [6.45, 7) is 7.24. The molecule has 0 saturated carbocycles. The van der Waals surface area contributed by atoms with Crippen molar-refractivity contribution in [2.45, 2.75) is 39.7 Å². The third kappa shape index (κ3) is 4.20. The molecule has 18 heavy (non-hydrogen) atoms. The summed E-state index contributed by atoms with van der Waals surface area (Å²) in [7, 11) is 0. The van der Waals surface area contributed by atoms with Crippen LogP contribution in [0.1, 0.15) is 39.2 Å². The Morgan fingerprint density at radius 1 is 1.17 bits per heavy atom. The first-order chi connectivity index (χ1) is 8.40. The largest absolute Gasteiger partial charge is 0.345 e. The first-order valence-electron chi connectivity index (χ1n) is 6.08. The lowest BCUT2D eigenvalue weighted by atomic mass is 10.0. The highest BCUT2D eigenvalue weighted by Crippen LogP contribution is 2.18. The second-order valence-corrected chi connectivity index (χ2v) is 4.69. The van der Waals surface area contributed by atoms with E-state index in [1.54, 1.807) is 6.92 Å². The number of carbonyl (C=O) groups is 2. The van der Waals surface area contributed by atoms with Crippen LogP contribution in [0.5, 0.6) is 0 Å². The molecule has 1 unspecified atom stereocenters. The molecule has 0 aliphatic rings. The number of carbonyl (C=O) groups excluding carboxylic acids is 2. The van der Waals surface area contributed by atoms with Gasteiger partial charge >= 0.3 is 0 Å². The average Bonchev–Trinajstić information content (AvgIpc) is 2.28. The Hall–Kier alpha value is -1.84. The van der Waals surface area contributed by atoms with Crippen molar-refractivity contribution in [1.82, 2.24) is 5.32 Å². The van der Waals surface area contributed by atoms with Crippen LogP contribution in [-0.2, 0) is 9.59 Å². The summed E-state index contributed by atoms with van der Waals surface area (Å²) >= 11 is 0. The summed E-state index contributed by atoms with van der Waals surface area (Å²) in [5.41, 5.74) is 1.92. The number of anilines is 1. The zero-order chi connectivity index (χ0) is 13.7. The number of rotatable bonds is 4. The van der Waals surface area contributed by atoms with Crippen LogP contribution in [0.15, 0.2) is 24.3 Å². The van der Waals surface area contributed by atoms with E-state index in [-0.39, 0.29) is 11.8 Å². The van der Waals surface area contributed by atoms with E-state index in [1.807, 2.05) is 24.3 Å². The van der Waals surface area contributed by atoms with Gasteiger partial charge in [0.25, 0.3) is 0 Å². The molecule has 0 spiro atoms. The van der Waals surface area contributed by atoms with Crippen molar-refractivity contribution < 1.29 is 9.59 Å². The third-order valence-electron chi connectivity index (χ3n) is 2.63. The second kappa shape index (κ2) is 6.19. The van der Waals surface area contributed by atoms with Gasteiger partial charge in [0.15, 0.2) is 0 Å². The van der Waals surface area contributed by atoms with Gasteiger partial charge in [-0.2, -0.15) is 0 Å². The lowest BCUT2D eigenvalue weighted by molar-refractivity contribution is -0.124. The van der Waals surface area contributed by atoms with Crippen LogP contribution in [-0.4, -0.2) is 17.9 Å². The molecule has 0 radical (unpaired) electrons. The fraction of sp³-hybridized carbons (Fsp3) is 0.429. The minimum atomic E-state index is -0.537. The monoisotopic (exact) mass is 248 g/mol. The van der Waals surface area contributed by atoms with E-state index in [4.69, 9.17) is 0 Å². The van der Waals surface area contributed by atoms with Gasteiger partial charge in [-0.25, -0.2) is 0 Å². The standard InChI is InChI=1S/C14H20N2O2/c1-9(2)12-6-5-7-13(8-12)16-14(18)10(3)15-11(4)17/h5-10H,1-4H3,(H,15,17)(H,16,18). The molecular weight excluding hydrogens is 228 g/mol. The molecule has 0 aliphatic carbocycles. The Balaban J connectivity index is 2.69. The van der Waals surface area contributed by atoms with E-state index in [0.29, 0.717) is 5.92 Å². The summed E-state index contributed by atoms with van der Waals surface area (Å²) < 4.78 is 0. The first-order valence-corrected chi connectivity index (χ1v) is 6.08. The van der Waals surface area contributed by atoms with Gasteiger partial charge in [0.05, 0.1) is 0 Å². The predicted molar refractivity (Wildman–Crippen MR) is 72.4 cm³/mol. The fourth-order valence-corrected chi connectivity index (χ4v) is 1.60. The van der Waals surface area contributed by atoms with E-state index in [9.17, 15) is 9.59 Å². The van der Waals surface area contributed by atoms with Gasteiger partial charge in [-0.15, -0.1) is 0 Å². The van der Waals surface area contributed by atoms with Crippen LogP contribution in [0.25, 0.3) is 0 Å². The Kier molecular flexibility index (Phi) is 4.89. The molecular formula is C14H20N2O2. The van der Waals surface area contributed by atoms with Gasteiger partial charge in [0, 0.05) is 12.6 Å². The van der Waals surface area contributed by atoms with Crippen LogP contribution in [0, 0.1) is 0 Å². The summed E-state index contributed by atoms with van der Waals surface area (Å²) in [5.74, 6) is -0.0192. The quantitative estimate of drug-likeness (QED) is 0.858. The Morgan fingerprint density at radius 3 is 2.39 bits per heavy atom. The highest BCUT2D eigenvalue weighted by molar-refractivity contribution is 5.96. The second-order valence-electron chi connectivity index (χ2n) is 4.69. The van der Waals surface area contributed by atoms with E-state index in [0.717, 1.165) is 5.69 Å². The Labute approximate surface area is 108 Å². The van der Waals surface area contributed by atoms with Gasteiger partial charge in [-0.3, -0.25) is 9.59 Å². The number of benzene rings is 1. The molecule has 1 rings (SSSR count). The number of hydrogen-bond acceptors (Lipinski definition) is 2. The smallest absolute Gasteiger partial charge is 0.246 e. The molecule has 4 heteroatoms. The zero-order valence-corrected chi connectivity index (χ0v) is 11.3. The van der Waals surface area contributed by atoms with Crippen LogP contribution in [0.3, 0.4) is 0 Å². The van der Waals surface area contributed by atoms with Crippen molar-refractivity contribution >= 4 is 17.5 Å². The van der Waals surface area contributed by atoms with Crippen molar-refractivity contribution in [3.05, 3.63) is 29.8 Å². The maximum absolute atomic E-state index is 11.8. The molecule has 0 aromatic heterocycles. The van der Waals surface area contributed by atoms with Crippen molar-refractivity contribution in [2.24, 2.45) is 0 Å². The van der Waals surface area contributed by atoms with Crippen LogP contribution >= 0.6 is 0 Å². The van der Waals surface area contributed by atoms with Gasteiger partial charge < -0.3 is 10.6 Å². The molecule has 0 bridgehead atoms. The average molecular weight is 248 g/mol. The van der Waals surface area contributed by atoms with E-state index < -0.39 is 6.04 Å². The maximum Gasteiger partial charge on any atom is 0.246 e. The topological polar surface area (TPSA) is 58.2 Å². The normalized spacial score (nSPS) is 12.1. The molecule has 1 aromatic rings. The molecule has 0 aliphatic heterocycles. The minimum Gasteiger partial charge on any atom is -0.345 e. The zero-order valence-electron chi connectivity index (χ0n) is 11.3. The number of nitrogens with one attached hydrogen (secondary N) is 2. The predicted octanol–water partition coefficient (Wildman–Crippen LogP) is 2.27. The van der Waals surface area contributed by atoms with Gasteiger partial charge in [-0.1, -0.05) is 26.0 Å². The molecule has 4 nitrogen and oxygen atoms in total. The van der Waals surface area contributed by atoms with Crippen molar-refractivity contribution in [2.75, 3.05) is 5.32 Å². The summed E-state index contributed by atoms with van der Waals surface area (Å²) in [6, 6.07) is 7.18. The van der Waals surface area contributed by atoms with Gasteiger partial charge in [-0.05, 0) is 30.5 Å². The minimum absolute atomic E-state index is 0.214. The molecule has 1 aromatic carbocycles. The van der Waals surface area contributed by atoms with Gasteiger partial charge in [0.1, 0.15) is 6.04 Å². The lowest BCUT2D eigenvalue weighted by Gasteiger charge is -2.14. The van der Waals surface area contributed by atoms with E-state index in [1.165, 1.54) is 12.5 Å². The van der Waals surface area contributed by atoms with Crippen LogP contribution < -0.4 is 10.6 Å². The molecule has 2 amide bonds. The summed E-state index contributed by atoms with van der Waals surface area (Å²) in [5, 5.41) is 5.34. The highest BCUT2D eigenvalue weighted by atomic mass is 16.2. The fourth-order valence-electron chi connectivity index (χ4n) is 1.60. The van der Waals surface area contributed by atoms with Crippen molar-refractivity contribution in [1.29, 1.82) is 0 Å². The third-order valence-corrected chi connectivity index (χ3v) is 2.63. The molecule has 0 fully saturated rings. The van der Waals surface area contributed by atoms with Gasteiger partial charge in [0.2, 0.25) is 11.8 Å². The summed E-state index contributed by atoms with van der Waals surface area (Å²) in [6.07, 6.45) is 0. The molecule has 0 saturated heterocycles. The number of hydrogen-bond donors (Lipinski definition) is 2. The van der Waals surface area contributed by atoms with Crippen LogP contribution in [0.2, 0.25) is 0 Å². The lowest BCUT2D eigenvalue weighted by Crippen LogP contribution is -2.40. The van der Waals surface area contributed by atoms with E-state index in [2.05, 4.69) is 24.5 Å². The molecule has 98 valence electrons. The Bertz CT molecular complexity index is 441. The number of amides is 2.